The maximum Gasteiger partial charge on any atom is 0.508 e. The topological polar surface area (TPSA) is 151 Å². The van der Waals surface area contributed by atoms with E-state index in [0.29, 0.717) is 5.56 Å². The SMILES string of the molecule is CC(C)OC(=O)OC(C)CC(c1ccc(OC(=O)CC(C)(C)C)c(OC(=O)CC(C)(C)C)c1)[C@H](N)C(=O)O. The van der Waals surface area contributed by atoms with E-state index in [9.17, 15) is 24.3 Å². The highest BCUT2D eigenvalue weighted by molar-refractivity contribution is 5.77. The molecule has 0 aliphatic carbocycles. The zero-order valence-corrected chi connectivity index (χ0v) is 24.0. The summed E-state index contributed by atoms with van der Waals surface area (Å²) < 4.78 is 21.3. The van der Waals surface area contributed by atoms with E-state index in [1.165, 1.54) is 12.1 Å². The largest absolute Gasteiger partial charge is 0.508 e. The lowest BCUT2D eigenvalue weighted by Crippen LogP contribution is -2.38. The van der Waals surface area contributed by atoms with Crippen molar-refractivity contribution in [3.63, 3.8) is 0 Å². The van der Waals surface area contributed by atoms with Gasteiger partial charge in [0.15, 0.2) is 11.5 Å². The molecular formula is C28H43NO9. The van der Waals surface area contributed by atoms with E-state index in [-0.39, 0.29) is 47.7 Å². The summed E-state index contributed by atoms with van der Waals surface area (Å²) in [6.07, 6.45) is -1.75. The second-order valence-electron chi connectivity index (χ2n) is 12.2. The zero-order valence-electron chi connectivity index (χ0n) is 24.0. The molecule has 10 heteroatoms. The standard InChI is InChI=1S/C28H43NO9/c1-16(2)35-26(34)36-17(3)12-19(24(29)25(32)33)18-10-11-20(37-22(30)14-27(4,5)6)21(13-18)38-23(31)15-28(7,8)9/h10-11,13,16-17,19,24H,12,14-15,29H2,1-9H3,(H,32,33)/t17?,19?,24-/m0/s1. The average molecular weight is 538 g/mol. The first-order valence-electron chi connectivity index (χ1n) is 12.7. The van der Waals surface area contributed by atoms with Crippen LogP contribution in [0.1, 0.15) is 93.1 Å². The summed E-state index contributed by atoms with van der Waals surface area (Å²) >= 11 is 0. The highest BCUT2D eigenvalue weighted by Crippen LogP contribution is 2.36. The summed E-state index contributed by atoms with van der Waals surface area (Å²) in [5.41, 5.74) is 5.73. The number of ether oxygens (including phenoxy) is 4. The summed E-state index contributed by atoms with van der Waals surface area (Å²) in [7, 11) is 0. The van der Waals surface area contributed by atoms with Crippen molar-refractivity contribution in [3.8, 4) is 11.5 Å². The smallest absolute Gasteiger partial charge is 0.480 e. The van der Waals surface area contributed by atoms with Gasteiger partial charge >= 0.3 is 24.1 Å². The summed E-state index contributed by atoms with van der Waals surface area (Å²) in [6.45, 7) is 16.2. The molecule has 0 saturated heterocycles. The third kappa shape index (κ3) is 12.4. The first kappa shape index (κ1) is 32.9. The van der Waals surface area contributed by atoms with Gasteiger partial charge in [0.2, 0.25) is 0 Å². The van der Waals surface area contributed by atoms with E-state index >= 15 is 0 Å². The maximum absolute atomic E-state index is 12.7. The second-order valence-corrected chi connectivity index (χ2v) is 12.2. The summed E-state index contributed by atoms with van der Waals surface area (Å²) in [5.74, 6) is -3.17. The van der Waals surface area contributed by atoms with Crippen molar-refractivity contribution < 1.29 is 43.2 Å². The zero-order chi connectivity index (χ0) is 29.4. The molecule has 0 fully saturated rings. The molecule has 10 nitrogen and oxygen atoms in total. The fourth-order valence-electron chi connectivity index (χ4n) is 3.56. The molecule has 0 bridgehead atoms. The van der Waals surface area contributed by atoms with Gasteiger partial charge in [-0.3, -0.25) is 14.4 Å². The number of esters is 2. The summed E-state index contributed by atoms with van der Waals surface area (Å²) in [6, 6.07) is 3.06. The fraction of sp³-hybridized carbons (Fsp3) is 0.643. The summed E-state index contributed by atoms with van der Waals surface area (Å²) in [4.78, 5) is 48.9. The van der Waals surface area contributed by atoms with Gasteiger partial charge < -0.3 is 29.8 Å². The fourth-order valence-corrected chi connectivity index (χ4v) is 3.56. The van der Waals surface area contributed by atoms with Gasteiger partial charge in [-0.25, -0.2) is 4.79 Å². The number of carbonyl (C=O) groups excluding carboxylic acids is 3. The number of carbonyl (C=O) groups is 4. The van der Waals surface area contributed by atoms with Crippen LogP contribution in [0.25, 0.3) is 0 Å². The molecular weight excluding hydrogens is 494 g/mol. The van der Waals surface area contributed by atoms with E-state index in [4.69, 9.17) is 24.7 Å². The molecule has 0 saturated carbocycles. The number of hydrogen-bond donors (Lipinski definition) is 2. The van der Waals surface area contributed by atoms with Gasteiger partial charge in [-0.1, -0.05) is 47.6 Å². The number of carboxylic acids is 1. The summed E-state index contributed by atoms with van der Waals surface area (Å²) in [5, 5.41) is 9.64. The molecule has 38 heavy (non-hydrogen) atoms. The third-order valence-corrected chi connectivity index (χ3v) is 5.13. The van der Waals surface area contributed by atoms with Crippen molar-refractivity contribution in [2.75, 3.05) is 0 Å². The minimum Gasteiger partial charge on any atom is -0.480 e. The number of nitrogens with two attached hydrogens (primary N) is 1. The third-order valence-electron chi connectivity index (χ3n) is 5.13. The average Bonchev–Trinajstić information content (AvgIpc) is 2.69. The Labute approximate surface area is 225 Å². The van der Waals surface area contributed by atoms with Crippen LogP contribution in [0.5, 0.6) is 11.5 Å². The van der Waals surface area contributed by atoms with Gasteiger partial charge in [-0.2, -0.15) is 0 Å². The van der Waals surface area contributed by atoms with Crippen LogP contribution in [-0.2, 0) is 23.9 Å². The Balaban J connectivity index is 3.38. The molecule has 0 radical (unpaired) electrons. The Bertz CT molecular complexity index is 989. The van der Waals surface area contributed by atoms with Crippen molar-refractivity contribution in [1.29, 1.82) is 0 Å². The lowest BCUT2D eigenvalue weighted by atomic mass is 9.87. The predicted octanol–water partition coefficient (Wildman–Crippen LogP) is 5.21. The van der Waals surface area contributed by atoms with Crippen LogP contribution in [0.15, 0.2) is 18.2 Å². The molecule has 1 aromatic carbocycles. The molecule has 214 valence electrons. The number of carboxylic acid groups (broad SMARTS) is 1. The quantitative estimate of drug-likeness (QED) is 0.284. The van der Waals surface area contributed by atoms with Crippen LogP contribution in [0.2, 0.25) is 0 Å². The molecule has 0 amide bonds. The molecule has 0 heterocycles. The first-order chi connectivity index (χ1) is 17.3. The van der Waals surface area contributed by atoms with Gasteiger partial charge in [-0.15, -0.1) is 0 Å². The van der Waals surface area contributed by atoms with Gasteiger partial charge in [0.1, 0.15) is 12.1 Å². The number of benzene rings is 1. The predicted molar refractivity (Wildman–Crippen MR) is 141 cm³/mol. The van der Waals surface area contributed by atoms with Gasteiger partial charge in [-0.05, 0) is 55.7 Å². The lowest BCUT2D eigenvalue weighted by molar-refractivity contribution is -0.139. The van der Waals surface area contributed by atoms with Crippen LogP contribution in [-0.4, -0.2) is 47.4 Å². The Kier molecular flexibility index (Phi) is 11.8. The van der Waals surface area contributed by atoms with Crippen molar-refractivity contribution in [2.45, 2.75) is 106 Å². The second kappa shape index (κ2) is 13.6. The van der Waals surface area contributed by atoms with Crippen molar-refractivity contribution in [2.24, 2.45) is 16.6 Å². The molecule has 1 aromatic rings. The van der Waals surface area contributed by atoms with E-state index in [1.54, 1.807) is 26.8 Å². The van der Waals surface area contributed by atoms with Crippen LogP contribution in [0.3, 0.4) is 0 Å². The van der Waals surface area contributed by atoms with Crippen LogP contribution in [0, 0.1) is 10.8 Å². The normalized spacial score (nSPS) is 14.3. The number of hydrogen-bond acceptors (Lipinski definition) is 9. The van der Waals surface area contributed by atoms with Crippen molar-refractivity contribution >= 4 is 24.1 Å². The molecule has 0 spiro atoms. The van der Waals surface area contributed by atoms with E-state index in [1.807, 2.05) is 41.5 Å². The van der Waals surface area contributed by atoms with Crippen LogP contribution in [0.4, 0.5) is 4.79 Å². The van der Waals surface area contributed by atoms with Gasteiger partial charge in [0, 0.05) is 5.92 Å². The van der Waals surface area contributed by atoms with E-state index in [2.05, 4.69) is 0 Å². The Morgan fingerprint density at radius 3 is 1.79 bits per heavy atom. The molecule has 0 aliphatic heterocycles. The van der Waals surface area contributed by atoms with E-state index < -0.39 is 42.1 Å². The Morgan fingerprint density at radius 1 is 0.842 bits per heavy atom. The van der Waals surface area contributed by atoms with Crippen molar-refractivity contribution in [1.82, 2.24) is 0 Å². The molecule has 2 unspecified atom stereocenters. The minimum atomic E-state index is -1.37. The molecule has 3 atom stereocenters. The molecule has 0 aliphatic rings. The Morgan fingerprint density at radius 2 is 1.34 bits per heavy atom. The lowest BCUT2D eigenvalue weighted by Gasteiger charge is -2.26. The molecule has 1 rings (SSSR count). The van der Waals surface area contributed by atoms with Crippen LogP contribution < -0.4 is 15.2 Å². The highest BCUT2D eigenvalue weighted by atomic mass is 16.7. The Hall–Kier alpha value is -3.14. The maximum atomic E-state index is 12.7. The van der Waals surface area contributed by atoms with Crippen LogP contribution >= 0.6 is 0 Å². The first-order valence-corrected chi connectivity index (χ1v) is 12.7. The molecule has 0 aromatic heterocycles. The number of rotatable bonds is 11. The highest BCUT2D eigenvalue weighted by Gasteiger charge is 2.31. The van der Waals surface area contributed by atoms with E-state index in [0.717, 1.165) is 0 Å². The number of aliphatic carboxylic acids is 1. The van der Waals surface area contributed by atoms with Gasteiger partial charge in [0.05, 0.1) is 18.9 Å². The minimum absolute atomic E-state index is 0.0257. The monoisotopic (exact) mass is 537 g/mol. The molecule has 3 N–H and O–H groups in total. The van der Waals surface area contributed by atoms with Gasteiger partial charge in [0.25, 0.3) is 0 Å². The van der Waals surface area contributed by atoms with Crippen molar-refractivity contribution in [3.05, 3.63) is 23.8 Å².